The molecule has 3 aromatic rings. The minimum absolute atomic E-state index is 0.0804. The number of aromatic amines is 1. The summed E-state index contributed by atoms with van der Waals surface area (Å²) in [6, 6.07) is 7.98. The summed E-state index contributed by atoms with van der Waals surface area (Å²) in [5.74, 6) is -1.70. The molecule has 13 nitrogen and oxygen atoms in total. The van der Waals surface area contributed by atoms with Crippen molar-refractivity contribution in [1.29, 1.82) is 0 Å². The Morgan fingerprint density at radius 2 is 1.86 bits per heavy atom. The molecule has 12 atom stereocenters. The Bertz CT molecular complexity index is 1790. The van der Waals surface area contributed by atoms with Crippen LogP contribution in [0, 0.1) is 17.8 Å². The number of hydrogen-bond donors (Lipinski definition) is 4. The average molecular weight is 807 g/mol. The van der Waals surface area contributed by atoms with Crippen LogP contribution in [0.1, 0.15) is 84.9 Å². The van der Waals surface area contributed by atoms with Crippen LogP contribution in [0.25, 0.3) is 10.9 Å². The van der Waals surface area contributed by atoms with E-state index >= 15 is 0 Å². The number of aliphatic hydroxyl groups is 3. The standard InChI is InChI=1S/C45H70N6O7/c1-11-33-22-30(5)43(53)57-39(12-2)44(8,54)41(52)32(7)50(10)27-29(4)25-45(55,13-3)42(33)58-40-24-36(23-31(6)56-40)49(9)20-19-35-28-51(48-47-35)21-18-34-26-46-38-17-15-14-16-37(34)38/h11,13-17,26,28-33,36,39-42,46,52,54-55H,1,3,12,18-25,27H2,2,4-10H3/t29-,30-,31-,32-,33+,36+,39-,40+,41-,42-,44-,45-/m1/s1. The SMILES string of the molecule is C=C[C@H]1C[C@@H](C)C(=O)O[C@H](CC)[C@@](C)(O)[C@H](O)[C@@H](C)N(C)C[C@H](C)C[C@](O)(C=C)[C@@H]1O[C@H]1C[C@@H](N(C)CCc2cn(CCc3c[nH]c4ccccc34)nn2)C[C@@H](C)O1. The number of ether oxygens (including phenoxy) is 3. The number of hydrogen-bond acceptors (Lipinski definition) is 11. The average Bonchev–Trinajstić information content (AvgIpc) is 3.84. The summed E-state index contributed by atoms with van der Waals surface area (Å²) in [6.45, 7) is 21.3. The van der Waals surface area contributed by atoms with E-state index in [9.17, 15) is 20.1 Å². The largest absolute Gasteiger partial charge is 0.459 e. The number of likely N-dealkylation sites (N-methyl/N-ethyl adjacent to an activating group) is 2. The molecule has 13 heteroatoms. The summed E-state index contributed by atoms with van der Waals surface area (Å²) >= 11 is 0. The zero-order valence-corrected chi connectivity index (χ0v) is 36.1. The second-order valence-electron chi connectivity index (χ2n) is 17.6. The molecular weight excluding hydrogens is 737 g/mol. The maximum atomic E-state index is 13.6. The molecule has 5 rings (SSSR count). The van der Waals surface area contributed by atoms with Gasteiger partial charge in [-0.3, -0.25) is 9.48 Å². The predicted octanol–water partition coefficient (Wildman–Crippen LogP) is 5.29. The van der Waals surface area contributed by atoms with E-state index in [2.05, 4.69) is 64.8 Å². The smallest absolute Gasteiger partial charge is 0.309 e. The number of nitrogens with zero attached hydrogens (tertiary/aromatic N) is 5. The number of carbonyl (C=O) groups is 1. The maximum absolute atomic E-state index is 13.6. The van der Waals surface area contributed by atoms with Gasteiger partial charge in [0.05, 0.1) is 23.8 Å². The molecule has 0 bridgehead atoms. The van der Waals surface area contributed by atoms with Crippen LogP contribution in [0.5, 0.6) is 0 Å². The number of cyclic esters (lactones) is 1. The zero-order valence-electron chi connectivity index (χ0n) is 36.1. The lowest BCUT2D eigenvalue weighted by Gasteiger charge is -2.45. The van der Waals surface area contributed by atoms with Gasteiger partial charge in [0.1, 0.15) is 23.4 Å². The van der Waals surface area contributed by atoms with Gasteiger partial charge < -0.3 is 44.3 Å². The van der Waals surface area contributed by atoms with E-state index in [1.54, 1.807) is 19.1 Å². The van der Waals surface area contributed by atoms with Crippen molar-refractivity contribution in [2.24, 2.45) is 17.8 Å². The van der Waals surface area contributed by atoms with E-state index in [4.69, 9.17) is 14.2 Å². The Balaban J connectivity index is 1.29. The second-order valence-corrected chi connectivity index (χ2v) is 17.6. The molecule has 4 N–H and O–H groups in total. The number of benzene rings is 1. The molecular formula is C45H70N6O7. The van der Waals surface area contributed by atoms with Crippen molar-refractivity contribution in [3.63, 3.8) is 0 Å². The number of para-hydroxylation sites is 1. The summed E-state index contributed by atoms with van der Waals surface area (Å²) in [5, 5.41) is 45.6. The number of fused-ring (bicyclic) bond motifs is 1. The highest BCUT2D eigenvalue weighted by molar-refractivity contribution is 5.83. The fourth-order valence-electron chi connectivity index (χ4n) is 9.12. The van der Waals surface area contributed by atoms with Crippen molar-refractivity contribution in [2.75, 3.05) is 27.2 Å². The quantitative estimate of drug-likeness (QED) is 0.139. The van der Waals surface area contributed by atoms with Crippen molar-refractivity contribution in [2.45, 2.75) is 147 Å². The molecule has 0 aliphatic carbocycles. The lowest BCUT2D eigenvalue weighted by atomic mass is 9.77. The van der Waals surface area contributed by atoms with Crippen LogP contribution in [-0.4, -0.2) is 132 Å². The molecule has 0 amide bonds. The first kappa shape index (κ1) is 45.7. The third-order valence-corrected chi connectivity index (χ3v) is 12.8. The van der Waals surface area contributed by atoms with Gasteiger partial charge in [-0.05, 0) is 84.5 Å². The summed E-state index contributed by atoms with van der Waals surface area (Å²) in [5.41, 5.74) is 0.119. The summed E-state index contributed by atoms with van der Waals surface area (Å²) in [7, 11) is 3.99. The maximum Gasteiger partial charge on any atom is 0.309 e. The van der Waals surface area contributed by atoms with Crippen LogP contribution in [0.3, 0.4) is 0 Å². The number of H-pyrrole nitrogens is 1. The van der Waals surface area contributed by atoms with E-state index in [0.29, 0.717) is 25.8 Å². The van der Waals surface area contributed by atoms with E-state index in [1.807, 2.05) is 56.6 Å². The van der Waals surface area contributed by atoms with Gasteiger partial charge in [0, 0.05) is 73.8 Å². The highest BCUT2D eigenvalue weighted by Gasteiger charge is 2.47. The number of nitrogens with one attached hydrogen (secondary N) is 1. The minimum Gasteiger partial charge on any atom is -0.459 e. The van der Waals surface area contributed by atoms with Gasteiger partial charge in [0.2, 0.25) is 0 Å². The lowest BCUT2D eigenvalue weighted by molar-refractivity contribution is -0.255. The number of carbonyl (C=O) groups excluding carboxylic acids is 1. The topological polar surface area (TPSA) is 158 Å². The van der Waals surface area contributed by atoms with Crippen molar-refractivity contribution in [3.8, 4) is 0 Å². The first-order valence-corrected chi connectivity index (χ1v) is 21.2. The van der Waals surface area contributed by atoms with Crippen LogP contribution in [-0.2, 0) is 38.4 Å². The van der Waals surface area contributed by atoms with Gasteiger partial charge in [-0.2, -0.15) is 0 Å². The van der Waals surface area contributed by atoms with Crippen molar-refractivity contribution in [1.82, 2.24) is 29.8 Å². The molecule has 0 spiro atoms. The van der Waals surface area contributed by atoms with Crippen molar-refractivity contribution < 1.29 is 34.3 Å². The Kier molecular flexibility index (Phi) is 15.5. The third kappa shape index (κ3) is 10.8. The third-order valence-electron chi connectivity index (χ3n) is 12.8. The molecule has 2 aromatic heterocycles. The molecule has 0 saturated carbocycles. The zero-order chi connectivity index (χ0) is 42.4. The van der Waals surface area contributed by atoms with Crippen LogP contribution < -0.4 is 0 Å². The fourth-order valence-corrected chi connectivity index (χ4v) is 9.12. The van der Waals surface area contributed by atoms with Crippen molar-refractivity contribution in [3.05, 3.63) is 73.2 Å². The molecule has 58 heavy (non-hydrogen) atoms. The Labute approximate surface area is 345 Å². The lowest BCUT2D eigenvalue weighted by Crippen LogP contribution is -2.59. The van der Waals surface area contributed by atoms with E-state index < -0.39 is 59.7 Å². The molecule has 4 heterocycles. The summed E-state index contributed by atoms with van der Waals surface area (Å²) in [6.07, 6.45) is 7.53. The number of aromatic nitrogens is 4. The van der Waals surface area contributed by atoms with E-state index in [-0.39, 0.29) is 24.5 Å². The van der Waals surface area contributed by atoms with E-state index in [1.165, 1.54) is 17.9 Å². The summed E-state index contributed by atoms with van der Waals surface area (Å²) < 4.78 is 21.2. The molecule has 0 unspecified atom stereocenters. The van der Waals surface area contributed by atoms with Crippen LogP contribution in [0.4, 0.5) is 0 Å². The number of aliphatic hydroxyl groups excluding tert-OH is 1. The molecule has 1 aromatic carbocycles. The minimum atomic E-state index is -1.69. The normalized spacial score (nSPS) is 35.0. The van der Waals surface area contributed by atoms with Gasteiger partial charge in [-0.15, -0.1) is 18.3 Å². The van der Waals surface area contributed by atoms with Crippen molar-refractivity contribution >= 4 is 16.9 Å². The predicted molar refractivity (Wildman–Crippen MR) is 226 cm³/mol. The van der Waals surface area contributed by atoms with Crippen LogP contribution >= 0.6 is 0 Å². The molecule has 2 fully saturated rings. The number of aryl methyl sites for hydroxylation is 2. The van der Waals surface area contributed by atoms with Gasteiger partial charge >= 0.3 is 5.97 Å². The Morgan fingerprint density at radius 3 is 2.57 bits per heavy atom. The Morgan fingerprint density at radius 1 is 1.12 bits per heavy atom. The van der Waals surface area contributed by atoms with Gasteiger partial charge in [0.15, 0.2) is 6.29 Å². The second kappa shape index (κ2) is 19.8. The molecule has 0 radical (unpaired) electrons. The first-order valence-electron chi connectivity index (χ1n) is 21.2. The van der Waals surface area contributed by atoms with Gasteiger partial charge in [0.25, 0.3) is 0 Å². The van der Waals surface area contributed by atoms with Gasteiger partial charge in [-0.1, -0.05) is 56.3 Å². The molecule has 2 aliphatic rings. The number of esters is 1. The van der Waals surface area contributed by atoms with E-state index in [0.717, 1.165) is 43.6 Å². The number of rotatable bonds is 12. The highest BCUT2D eigenvalue weighted by Crippen LogP contribution is 2.38. The van der Waals surface area contributed by atoms with Crippen LogP contribution in [0.2, 0.25) is 0 Å². The Hall–Kier alpha value is -3.43. The molecule has 2 aliphatic heterocycles. The monoisotopic (exact) mass is 807 g/mol. The first-order chi connectivity index (χ1) is 27.5. The molecule has 2 saturated heterocycles. The molecule has 322 valence electrons. The summed E-state index contributed by atoms with van der Waals surface area (Å²) in [4.78, 5) is 21.3. The van der Waals surface area contributed by atoms with Crippen LogP contribution in [0.15, 0.2) is 62.0 Å². The fraction of sp³-hybridized carbons (Fsp3) is 0.667. The van der Waals surface area contributed by atoms with Gasteiger partial charge in [-0.25, -0.2) is 0 Å². The highest BCUT2D eigenvalue weighted by atomic mass is 16.7.